The second-order valence-electron chi connectivity index (χ2n) is 4.72. The number of hydrogen-bond acceptors (Lipinski definition) is 4. The van der Waals surface area contributed by atoms with Crippen LogP contribution in [-0.4, -0.2) is 19.7 Å². The summed E-state index contributed by atoms with van der Waals surface area (Å²) in [5.41, 5.74) is 10.3. The molecule has 0 fully saturated rings. The van der Waals surface area contributed by atoms with Crippen LogP contribution in [0.2, 0.25) is 0 Å². The summed E-state index contributed by atoms with van der Waals surface area (Å²) >= 11 is 0. The lowest BCUT2D eigenvalue weighted by atomic mass is 10.1. The minimum Gasteiger partial charge on any atom is -0.399 e. The zero-order valence-corrected chi connectivity index (χ0v) is 11.4. The Balaban J connectivity index is 2.01. The molecule has 0 unspecified atom stereocenters. The van der Waals surface area contributed by atoms with Crippen molar-refractivity contribution in [2.24, 2.45) is 0 Å². The molecule has 0 aliphatic carbocycles. The Morgan fingerprint density at radius 1 is 1.00 bits per heavy atom. The van der Waals surface area contributed by atoms with Crippen molar-refractivity contribution in [1.29, 1.82) is 0 Å². The third-order valence-corrected chi connectivity index (χ3v) is 3.09. The number of hydrogen-bond donors (Lipinski definition) is 1. The SMILES string of the molecule is Cc1cnc(C)c(-n2cc(-c3ccc(N)cc3)cn2)n1. The van der Waals surface area contributed by atoms with Gasteiger partial charge < -0.3 is 5.73 Å². The highest BCUT2D eigenvalue weighted by Gasteiger charge is 2.08. The first-order valence-electron chi connectivity index (χ1n) is 6.35. The Morgan fingerprint density at radius 2 is 1.75 bits per heavy atom. The van der Waals surface area contributed by atoms with Gasteiger partial charge in [0.05, 0.1) is 17.6 Å². The summed E-state index contributed by atoms with van der Waals surface area (Å²) < 4.78 is 1.75. The predicted octanol–water partition coefficient (Wildman–Crippen LogP) is 2.53. The molecule has 5 heteroatoms. The van der Waals surface area contributed by atoms with Gasteiger partial charge in [-0.1, -0.05) is 12.1 Å². The average Bonchev–Trinajstić information content (AvgIpc) is 2.92. The van der Waals surface area contributed by atoms with Crippen LogP contribution in [0.15, 0.2) is 42.9 Å². The molecule has 0 aliphatic heterocycles. The summed E-state index contributed by atoms with van der Waals surface area (Å²) in [4.78, 5) is 8.79. The third-order valence-electron chi connectivity index (χ3n) is 3.09. The van der Waals surface area contributed by atoms with Crippen LogP contribution in [-0.2, 0) is 0 Å². The zero-order chi connectivity index (χ0) is 14.1. The average molecular weight is 265 g/mol. The van der Waals surface area contributed by atoms with Crippen molar-refractivity contribution in [3.63, 3.8) is 0 Å². The third kappa shape index (κ3) is 2.25. The van der Waals surface area contributed by atoms with Gasteiger partial charge in [0.25, 0.3) is 0 Å². The number of aromatic nitrogens is 4. The number of aryl methyl sites for hydroxylation is 2. The van der Waals surface area contributed by atoms with Gasteiger partial charge in [-0.15, -0.1) is 0 Å². The number of nitrogen functional groups attached to an aromatic ring is 1. The van der Waals surface area contributed by atoms with Crippen molar-refractivity contribution in [2.75, 3.05) is 5.73 Å². The van der Waals surface area contributed by atoms with E-state index in [-0.39, 0.29) is 0 Å². The van der Waals surface area contributed by atoms with Crippen molar-refractivity contribution in [1.82, 2.24) is 19.7 Å². The van der Waals surface area contributed by atoms with Crippen LogP contribution in [0.1, 0.15) is 11.4 Å². The highest BCUT2D eigenvalue weighted by molar-refractivity contribution is 5.64. The van der Waals surface area contributed by atoms with E-state index in [0.717, 1.165) is 34.0 Å². The normalized spacial score (nSPS) is 10.7. The fourth-order valence-electron chi connectivity index (χ4n) is 2.01. The van der Waals surface area contributed by atoms with Crippen molar-refractivity contribution < 1.29 is 0 Å². The summed E-state index contributed by atoms with van der Waals surface area (Å²) in [6.45, 7) is 3.84. The quantitative estimate of drug-likeness (QED) is 0.723. The van der Waals surface area contributed by atoms with Gasteiger partial charge in [-0.25, -0.2) is 9.67 Å². The Kier molecular flexibility index (Phi) is 2.95. The van der Waals surface area contributed by atoms with Gasteiger partial charge in [0.1, 0.15) is 0 Å². The summed E-state index contributed by atoms with van der Waals surface area (Å²) in [7, 11) is 0. The van der Waals surface area contributed by atoms with Gasteiger partial charge in [0, 0.05) is 23.6 Å². The molecule has 3 rings (SSSR count). The molecule has 0 bridgehead atoms. The van der Waals surface area contributed by atoms with E-state index in [1.54, 1.807) is 10.9 Å². The maximum atomic E-state index is 5.70. The molecular formula is C15H15N5. The molecule has 0 aliphatic rings. The first kappa shape index (κ1) is 12.3. The molecule has 0 saturated carbocycles. The van der Waals surface area contributed by atoms with Gasteiger partial charge in [0.15, 0.2) is 5.82 Å². The molecule has 3 aromatic rings. The summed E-state index contributed by atoms with van der Waals surface area (Å²) in [5, 5.41) is 4.37. The minimum atomic E-state index is 0.751. The van der Waals surface area contributed by atoms with E-state index in [1.165, 1.54) is 0 Å². The molecule has 0 saturated heterocycles. The van der Waals surface area contributed by atoms with Crippen LogP contribution in [0.25, 0.3) is 16.9 Å². The topological polar surface area (TPSA) is 69.6 Å². The molecule has 2 N–H and O–H groups in total. The highest BCUT2D eigenvalue weighted by atomic mass is 15.3. The molecule has 20 heavy (non-hydrogen) atoms. The van der Waals surface area contributed by atoms with E-state index < -0.39 is 0 Å². The summed E-state index contributed by atoms with van der Waals surface area (Å²) in [6, 6.07) is 7.71. The molecule has 0 spiro atoms. The van der Waals surface area contributed by atoms with Crippen LogP contribution < -0.4 is 5.73 Å². The zero-order valence-electron chi connectivity index (χ0n) is 11.4. The smallest absolute Gasteiger partial charge is 0.175 e. The van der Waals surface area contributed by atoms with Crippen LogP contribution in [0.3, 0.4) is 0 Å². The largest absolute Gasteiger partial charge is 0.399 e. The van der Waals surface area contributed by atoms with E-state index in [0.29, 0.717) is 0 Å². The Hall–Kier alpha value is -2.69. The Bertz CT molecular complexity index is 743. The van der Waals surface area contributed by atoms with E-state index in [9.17, 15) is 0 Å². The highest BCUT2D eigenvalue weighted by Crippen LogP contribution is 2.21. The van der Waals surface area contributed by atoms with Gasteiger partial charge in [0.2, 0.25) is 0 Å². The fraction of sp³-hybridized carbons (Fsp3) is 0.133. The predicted molar refractivity (Wildman–Crippen MR) is 78.5 cm³/mol. The molecule has 5 nitrogen and oxygen atoms in total. The lowest BCUT2D eigenvalue weighted by molar-refractivity contribution is 0.816. The maximum Gasteiger partial charge on any atom is 0.175 e. The second-order valence-corrected chi connectivity index (χ2v) is 4.72. The minimum absolute atomic E-state index is 0.751. The van der Waals surface area contributed by atoms with Crippen molar-refractivity contribution >= 4 is 5.69 Å². The second kappa shape index (κ2) is 4.77. The van der Waals surface area contributed by atoms with Crippen molar-refractivity contribution in [2.45, 2.75) is 13.8 Å². The van der Waals surface area contributed by atoms with Crippen LogP contribution >= 0.6 is 0 Å². The summed E-state index contributed by atoms with van der Waals surface area (Å²) in [6.07, 6.45) is 5.51. The van der Waals surface area contributed by atoms with Crippen LogP contribution in [0.5, 0.6) is 0 Å². The Labute approximate surface area is 117 Å². The Morgan fingerprint density at radius 3 is 2.50 bits per heavy atom. The molecule has 100 valence electrons. The lowest BCUT2D eigenvalue weighted by Gasteiger charge is -2.04. The first-order chi connectivity index (χ1) is 9.63. The number of nitrogens with two attached hydrogens (primary N) is 1. The van der Waals surface area contributed by atoms with E-state index in [1.807, 2.05) is 50.5 Å². The molecule has 0 radical (unpaired) electrons. The van der Waals surface area contributed by atoms with Gasteiger partial charge in [-0.3, -0.25) is 4.98 Å². The van der Waals surface area contributed by atoms with Crippen LogP contribution in [0.4, 0.5) is 5.69 Å². The van der Waals surface area contributed by atoms with Gasteiger partial charge in [-0.05, 0) is 31.5 Å². The van der Waals surface area contributed by atoms with E-state index in [2.05, 4.69) is 15.1 Å². The molecule has 1 aromatic carbocycles. The van der Waals surface area contributed by atoms with Crippen molar-refractivity contribution in [3.05, 3.63) is 54.2 Å². The first-order valence-corrected chi connectivity index (χ1v) is 6.35. The van der Waals surface area contributed by atoms with Gasteiger partial charge >= 0.3 is 0 Å². The van der Waals surface area contributed by atoms with Gasteiger partial charge in [-0.2, -0.15) is 5.10 Å². The lowest BCUT2D eigenvalue weighted by Crippen LogP contribution is -2.03. The maximum absolute atomic E-state index is 5.70. The van der Waals surface area contributed by atoms with E-state index >= 15 is 0 Å². The molecule has 2 aromatic heterocycles. The number of anilines is 1. The van der Waals surface area contributed by atoms with E-state index in [4.69, 9.17) is 5.73 Å². The molecule has 0 atom stereocenters. The molecule has 0 amide bonds. The summed E-state index contributed by atoms with van der Waals surface area (Å²) in [5.74, 6) is 0.756. The molecular weight excluding hydrogens is 250 g/mol. The number of benzene rings is 1. The fourth-order valence-corrected chi connectivity index (χ4v) is 2.01. The monoisotopic (exact) mass is 265 g/mol. The number of nitrogens with zero attached hydrogens (tertiary/aromatic N) is 4. The van der Waals surface area contributed by atoms with Crippen LogP contribution in [0, 0.1) is 13.8 Å². The number of rotatable bonds is 2. The van der Waals surface area contributed by atoms with Crippen molar-refractivity contribution in [3.8, 4) is 16.9 Å². The standard InChI is InChI=1S/C15H15N5/c1-10-7-17-11(2)15(19-10)20-9-13(8-18-20)12-3-5-14(16)6-4-12/h3-9H,16H2,1-2H3. The molecule has 2 heterocycles.